The number of aryl methyl sites for hydroxylation is 2. The van der Waals surface area contributed by atoms with Crippen molar-refractivity contribution in [1.82, 2.24) is 5.32 Å². The smallest absolute Gasteiger partial charge is 0.325 e. The van der Waals surface area contributed by atoms with Gasteiger partial charge in [0.15, 0.2) is 6.61 Å². The molecule has 29 heavy (non-hydrogen) atoms. The summed E-state index contributed by atoms with van der Waals surface area (Å²) in [5.74, 6) is -2.55. The van der Waals surface area contributed by atoms with Gasteiger partial charge >= 0.3 is 5.97 Å². The zero-order valence-corrected chi connectivity index (χ0v) is 16.6. The van der Waals surface area contributed by atoms with Crippen LogP contribution in [0.3, 0.4) is 0 Å². The zero-order chi connectivity index (χ0) is 21.4. The number of nitriles is 1. The maximum atomic E-state index is 13.1. The summed E-state index contributed by atoms with van der Waals surface area (Å²) in [6, 6.07) is 8.56. The van der Waals surface area contributed by atoms with Crippen molar-refractivity contribution < 1.29 is 23.5 Å². The number of halogens is 1. The van der Waals surface area contributed by atoms with Gasteiger partial charge in [0, 0.05) is 16.1 Å². The van der Waals surface area contributed by atoms with E-state index in [4.69, 9.17) is 10.00 Å². The largest absolute Gasteiger partial charge is 0.454 e. The Labute approximate surface area is 171 Å². The van der Waals surface area contributed by atoms with Crippen LogP contribution in [0.15, 0.2) is 41.3 Å². The molecule has 2 aromatic rings. The molecule has 2 amide bonds. The minimum atomic E-state index is -0.806. The minimum Gasteiger partial charge on any atom is -0.454 e. The summed E-state index contributed by atoms with van der Waals surface area (Å²) in [4.78, 5) is 36.4. The molecule has 0 unspecified atom stereocenters. The SMILES string of the molecule is Cc1cc(SC#N)cc(C)c1NC(=O)COC(=O)CNC(=O)c1cccc(F)c1. The maximum absolute atomic E-state index is 13.1. The zero-order valence-electron chi connectivity index (χ0n) is 15.7. The molecule has 0 saturated heterocycles. The molecular formula is C20H18FN3O4S. The molecule has 0 aromatic heterocycles. The van der Waals surface area contributed by atoms with E-state index in [0.29, 0.717) is 5.69 Å². The number of hydrogen-bond donors (Lipinski definition) is 2. The Hall–Kier alpha value is -3.38. The van der Waals surface area contributed by atoms with Crippen molar-refractivity contribution in [1.29, 1.82) is 5.26 Å². The van der Waals surface area contributed by atoms with Gasteiger partial charge in [-0.05, 0) is 67.1 Å². The maximum Gasteiger partial charge on any atom is 0.325 e. The van der Waals surface area contributed by atoms with Gasteiger partial charge in [0.2, 0.25) is 0 Å². The number of rotatable bonds is 7. The van der Waals surface area contributed by atoms with Crippen LogP contribution >= 0.6 is 11.8 Å². The highest BCUT2D eigenvalue weighted by molar-refractivity contribution is 8.03. The second-order valence-electron chi connectivity index (χ2n) is 6.03. The van der Waals surface area contributed by atoms with E-state index in [2.05, 4.69) is 10.6 Å². The predicted octanol–water partition coefficient (Wildman–Crippen LogP) is 2.93. The van der Waals surface area contributed by atoms with Gasteiger partial charge in [-0.25, -0.2) is 4.39 Å². The van der Waals surface area contributed by atoms with Crippen LogP contribution in [0.25, 0.3) is 0 Å². The van der Waals surface area contributed by atoms with Crippen LogP contribution in [0.5, 0.6) is 0 Å². The van der Waals surface area contributed by atoms with Crippen molar-refractivity contribution in [2.75, 3.05) is 18.5 Å². The molecule has 150 valence electrons. The van der Waals surface area contributed by atoms with Gasteiger partial charge < -0.3 is 15.4 Å². The highest BCUT2D eigenvalue weighted by Crippen LogP contribution is 2.27. The Morgan fingerprint density at radius 3 is 2.48 bits per heavy atom. The van der Waals surface area contributed by atoms with Gasteiger partial charge in [-0.3, -0.25) is 14.4 Å². The van der Waals surface area contributed by atoms with Gasteiger partial charge in [0.05, 0.1) is 0 Å². The van der Waals surface area contributed by atoms with Crippen molar-refractivity contribution in [2.45, 2.75) is 18.7 Å². The van der Waals surface area contributed by atoms with Crippen LogP contribution in [0.4, 0.5) is 10.1 Å². The number of nitrogens with one attached hydrogen (secondary N) is 2. The third kappa shape index (κ3) is 6.62. The fraction of sp³-hybridized carbons (Fsp3) is 0.200. The molecule has 0 aliphatic rings. The molecule has 2 rings (SSSR count). The summed E-state index contributed by atoms with van der Waals surface area (Å²) in [7, 11) is 0. The predicted molar refractivity (Wildman–Crippen MR) is 106 cm³/mol. The lowest BCUT2D eigenvalue weighted by Gasteiger charge is -2.13. The van der Waals surface area contributed by atoms with Gasteiger partial charge in [0.1, 0.15) is 17.8 Å². The topological polar surface area (TPSA) is 108 Å². The van der Waals surface area contributed by atoms with Crippen molar-refractivity contribution in [3.8, 4) is 5.40 Å². The number of anilines is 1. The summed E-state index contributed by atoms with van der Waals surface area (Å²) >= 11 is 1.02. The monoisotopic (exact) mass is 415 g/mol. The number of thiocyanates is 1. The average molecular weight is 415 g/mol. The Morgan fingerprint density at radius 2 is 1.86 bits per heavy atom. The molecule has 0 fully saturated rings. The van der Waals surface area contributed by atoms with E-state index in [0.717, 1.165) is 33.9 Å². The molecule has 0 heterocycles. The normalized spacial score (nSPS) is 10.0. The summed E-state index contributed by atoms with van der Waals surface area (Å²) in [6.45, 7) is 2.60. The molecular weight excluding hydrogens is 397 g/mol. The first-order chi connectivity index (χ1) is 13.8. The molecule has 2 N–H and O–H groups in total. The number of thioether (sulfide) groups is 1. The highest BCUT2D eigenvalue weighted by atomic mass is 32.2. The summed E-state index contributed by atoms with van der Waals surface area (Å²) < 4.78 is 17.9. The van der Waals surface area contributed by atoms with E-state index in [-0.39, 0.29) is 5.56 Å². The summed E-state index contributed by atoms with van der Waals surface area (Å²) in [6.07, 6.45) is 0. The van der Waals surface area contributed by atoms with E-state index >= 15 is 0 Å². The number of carbonyl (C=O) groups is 3. The van der Waals surface area contributed by atoms with E-state index in [9.17, 15) is 18.8 Å². The Bertz CT molecular complexity index is 965. The van der Waals surface area contributed by atoms with Crippen LogP contribution in [0.1, 0.15) is 21.5 Å². The van der Waals surface area contributed by atoms with Crippen LogP contribution in [0.2, 0.25) is 0 Å². The summed E-state index contributed by atoms with van der Waals surface area (Å²) in [5.41, 5.74) is 2.18. The third-order valence-corrected chi connectivity index (χ3v) is 4.34. The molecule has 7 nitrogen and oxygen atoms in total. The van der Waals surface area contributed by atoms with Gasteiger partial charge in [-0.15, -0.1) is 0 Å². The summed E-state index contributed by atoms with van der Waals surface area (Å²) in [5, 5.41) is 15.7. The van der Waals surface area contributed by atoms with E-state index < -0.39 is 36.8 Å². The van der Waals surface area contributed by atoms with E-state index in [1.807, 2.05) is 5.40 Å². The third-order valence-electron chi connectivity index (χ3n) is 3.78. The highest BCUT2D eigenvalue weighted by Gasteiger charge is 2.13. The van der Waals surface area contributed by atoms with Crippen LogP contribution in [0, 0.1) is 30.3 Å². The molecule has 2 aromatic carbocycles. The van der Waals surface area contributed by atoms with Gasteiger partial charge in [-0.1, -0.05) is 6.07 Å². The number of carbonyl (C=O) groups excluding carboxylic acids is 3. The van der Waals surface area contributed by atoms with Crippen molar-refractivity contribution in [3.63, 3.8) is 0 Å². The second kappa shape index (κ2) is 10.2. The lowest BCUT2D eigenvalue weighted by molar-refractivity contribution is -0.146. The first kappa shape index (κ1) is 21.9. The molecule has 0 radical (unpaired) electrons. The quantitative estimate of drug-likeness (QED) is 0.409. The van der Waals surface area contributed by atoms with Gasteiger partial charge in [0.25, 0.3) is 11.8 Å². The fourth-order valence-electron chi connectivity index (χ4n) is 2.49. The van der Waals surface area contributed by atoms with Crippen molar-refractivity contribution in [2.24, 2.45) is 0 Å². The standard InChI is InChI=1S/C20H18FN3O4S/c1-12-6-16(29-11-22)7-13(2)19(12)24-17(25)10-28-18(26)9-23-20(27)14-4-3-5-15(21)8-14/h3-8H,9-10H2,1-2H3,(H,23,27)(H,24,25). The Kier molecular flexibility index (Phi) is 7.74. The number of hydrogen-bond acceptors (Lipinski definition) is 6. The Morgan fingerprint density at radius 1 is 1.17 bits per heavy atom. The van der Waals surface area contributed by atoms with Crippen molar-refractivity contribution in [3.05, 3.63) is 58.9 Å². The number of esters is 1. The number of benzene rings is 2. The number of amides is 2. The van der Waals surface area contributed by atoms with E-state index in [1.165, 1.54) is 18.2 Å². The average Bonchev–Trinajstić information content (AvgIpc) is 2.67. The molecule has 0 aliphatic carbocycles. The molecule has 0 aliphatic heterocycles. The van der Waals surface area contributed by atoms with Crippen LogP contribution < -0.4 is 10.6 Å². The first-order valence-electron chi connectivity index (χ1n) is 8.46. The molecule has 9 heteroatoms. The molecule has 0 saturated carbocycles. The lowest BCUT2D eigenvalue weighted by Crippen LogP contribution is -2.32. The van der Waals surface area contributed by atoms with Gasteiger partial charge in [-0.2, -0.15) is 5.26 Å². The van der Waals surface area contributed by atoms with Crippen molar-refractivity contribution >= 4 is 35.2 Å². The lowest BCUT2D eigenvalue weighted by atomic mass is 10.1. The van der Waals surface area contributed by atoms with Crippen LogP contribution in [-0.4, -0.2) is 30.9 Å². The molecule has 0 bridgehead atoms. The Balaban J connectivity index is 1.82. The second-order valence-corrected chi connectivity index (χ2v) is 6.89. The van der Waals surface area contributed by atoms with E-state index in [1.54, 1.807) is 26.0 Å². The van der Waals surface area contributed by atoms with Crippen LogP contribution in [-0.2, 0) is 14.3 Å². The minimum absolute atomic E-state index is 0.0690. The number of ether oxygens (including phenoxy) is 1. The fourth-order valence-corrected chi connectivity index (χ4v) is 3.07. The first-order valence-corrected chi connectivity index (χ1v) is 9.28. The molecule has 0 spiro atoms. The molecule has 0 atom stereocenters. The number of nitrogens with zero attached hydrogens (tertiary/aromatic N) is 1.